The summed E-state index contributed by atoms with van der Waals surface area (Å²) in [6.07, 6.45) is 2.40. The second-order valence-electron chi connectivity index (χ2n) is 5.27. The molecule has 2 aromatic heterocycles. The Kier molecular flexibility index (Phi) is 5.77. The number of pyridine rings is 1. The Balaban J connectivity index is 1.89. The van der Waals surface area contributed by atoms with Gasteiger partial charge in [-0.3, -0.25) is 4.79 Å². The molecule has 0 saturated carbocycles. The lowest BCUT2D eigenvalue weighted by Gasteiger charge is -2.08. The van der Waals surface area contributed by atoms with E-state index in [1.165, 1.54) is 23.6 Å². The van der Waals surface area contributed by atoms with Crippen LogP contribution in [0.1, 0.15) is 35.6 Å². The van der Waals surface area contributed by atoms with Crippen LogP contribution in [0.15, 0.2) is 34.6 Å². The van der Waals surface area contributed by atoms with Crippen molar-refractivity contribution in [2.75, 3.05) is 6.61 Å². The SMILES string of the molecule is CC(C)CCOc1c[nH]c(COC(=O)c2cccs2)cc1=O. The van der Waals surface area contributed by atoms with Crippen molar-refractivity contribution in [3.8, 4) is 5.75 Å². The molecule has 0 aromatic carbocycles. The molecule has 22 heavy (non-hydrogen) atoms. The highest BCUT2D eigenvalue weighted by atomic mass is 32.1. The standard InChI is InChI=1S/C16H19NO4S/c1-11(2)5-6-20-14-9-17-12(8-13(14)18)10-21-16(19)15-4-3-7-22-15/h3-4,7-9,11H,5-6,10H2,1-2H3,(H,17,18). The van der Waals surface area contributed by atoms with Gasteiger partial charge in [0.15, 0.2) is 5.75 Å². The molecule has 0 saturated heterocycles. The molecule has 0 bridgehead atoms. The lowest BCUT2D eigenvalue weighted by Crippen LogP contribution is -2.12. The summed E-state index contributed by atoms with van der Waals surface area (Å²) >= 11 is 1.32. The van der Waals surface area contributed by atoms with Crippen molar-refractivity contribution in [3.63, 3.8) is 0 Å². The number of carbonyl (C=O) groups is 1. The van der Waals surface area contributed by atoms with Gasteiger partial charge < -0.3 is 14.5 Å². The number of hydrogen-bond acceptors (Lipinski definition) is 5. The summed E-state index contributed by atoms with van der Waals surface area (Å²) in [5.41, 5.74) is 0.316. The predicted octanol–water partition coefficient (Wildman–Crippen LogP) is 3.22. The molecule has 0 aliphatic carbocycles. The van der Waals surface area contributed by atoms with Crippen LogP contribution in [0.3, 0.4) is 0 Å². The average Bonchev–Trinajstić information content (AvgIpc) is 3.01. The first kappa shape index (κ1) is 16.3. The van der Waals surface area contributed by atoms with E-state index in [-0.39, 0.29) is 17.8 Å². The smallest absolute Gasteiger partial charge is 0.348 e. The van der Waals surface area contributed by atoms with Crippen LogP contribution in [-0.4, -0.2) is 17.6 Å². The van der Waals surface area contributed by atoms with Crippen LogP contribution < -0.4 is 10.2 Å². The summed E-state index contributed by atoms with van der Waals surface area (Å²) in [6.45, 7) is 4.73. The monoisotopic (exact) mass is 321 g/mol. The van der Waals surface area contributed by atoms with Crippen molar-refractivity contribution >= 4 is 17.3 Å². The summed E-state index contributed by atoms with van der Waals surface area (Å²) in [6, 6.07) is 4.88. The van der Waals surface area contributed by atoms with Crippen LogP contribution in [0.25, 0.3) is 0 Å². The zero-order valence-electron chi connectivity index (χ0n) is 12.6. The highest BCUT2D eigenvalue weighted by Crippen LogP contribution is 2.11. The number of aromatic amines is 1. The highest BCUT2D eigenvalue weighted by Gasteiger charge is 2.09. The summed E-state index contributed by atoms with van der Waals surface area (Å²) in [7, 11) is 0. The second kappa shape index (κ2) is 7.79. The van der Waals surface area contributed by atoms with Crippen molar-refractivity contribution in [1.82, 2.24) is 4.98 Å². The second-order valence-corrected chi connectivity index (χ2v) is 6.22. The fraction of sp³-hybridized carbons (Fsp3) is 0.375. The Bertz CT molecular complexity index is 661. The van der Waals surface area contributed by atoms with Gasteiger partial charge in [-0.2, -0.15) is 0 Å². The minimum Gasteiger partial charge on any atom is -0.488 e. The van der Waals surface area contributed by atoms with Gasteiger partial charge in [0.25, 0.3) is 0 Å². The molecule has 0 amide bonds. The van der Waals surface area contributed by atoms with Gasteiger partial charge in [-0.25, -0.2) is 4.79 Å². The quantitative estimate of drug-likeness (QED) is 0.795. The lowest BCUT2D eigenvalue weighted by molar-refractivity contribution is 0.0473. The largest absolute Gasteiger partial charge is 0.488 e. The minimum absolute atomic E-state index is 0.0260. The topological polar surface area (TPSA) is 68.4 Å². The van der Waals surface area contributed by atoms with Gasteiger partial charge >= 0.3 is 5.97 Å². The maximum absolute atomic E-state index is 11.9. The maximum Gasteiger partial charge on any atom is 0.348 e. The molecule has 2 rings (SSSR count). The number of nitrogens with one attached hydrogen (secondary N) is 1. The van der Waals surface area contributed by atoms with Crippen LogP contribution >= 0.6 is 11.3 Å². The first-order valence-corrected chi connectivity index (χ1v) is 7.99. The predicted molar refractivity (Wildman–Crippen MR) is 85.5 cm³/mol. The van der Waals surface area contributed by atoms with Gasteiger partial charge in [0.2, 0.25) is 5.43 Å². The average molecular weight is 321 g/mol. The molecule has 5 nitrogen and oxygen atoms in total. The molecule has 0 fully saturated rings. The number of carbonyl (C=O) groups excluding carboxylic acids is 1. The highest BCUT2D eigenvalue weighted by molar-refractivity contribution is 7.11. The fourth-order valence-corrected chi connectivity index (χ4v) is 2.33. The summed E-state index contributed by atoms with van der Waals surface area (Å²) in [4.78, 5) is 27.1. The van der Waals surface area contributed by atoms with E-state index in [4.69, 9.17) is 9.47 Å². The van der Waals surface area contributed by atoms with Crippen LogP contribution in [0.5, 0.6) is 5.75 Å². The van der Waals surface area contributed by atoms with E-state index >= 15 is 0 Å². The molecule has 0 aliphatic rings. The molecule has 118 valence electrons. The zero-order chi connectivity index (χ0) is 15.9. The van der Waals surface area contributed by atoms with Crippen LogP contribution in [0.4, 0.5) is 0 Å². The number of thiophene rings is 1. The number of ether oxygens (including phenoxy) is 2. The molecule has 6 heteroatoms. The molecule has 1 N–H and O–H groups in total. The van der Waals surface area contributed by atoms with Crippen molar-refractivity contribution in [2.45, 2.75) is 26.9 Å². The van der Waals surface area contributed by atoms with Gasteiger partial charge in [-0.1, -0.05) is 19.9 Å². The number of aromatic nitrogens is 1. The van der Waals surface area contributed by atoms with E-state index in [2.05, 4.69) is 18.8 Å². The molecule has 0 spiro atoms. The molecule has 2 aromatic rings. The van der Waals surface area contributed by atoms with E-state index in [1.807, 2.05) is 5.38 Å². The Morgan fingerprint density at radius 3 is 2.86 bits per heavy atom. The summed E-state index contributed by atoms with van der Waals surface area (Å²) in [5, 5.41) is 1.81. The van der Waals surface area contributed by atoms with E-state index in [0.29, 0.717) is 23.1 Å². The Morgan fingerprint density at radius 2 is 2.23 bits per heavy atom. The fourth-order valence-electron chi connectivity index (χ4n) is 1.71. The van der Waals surface area contributed by atoms with Crippen molar-refractivity contribution in [3.05, 3.63) is 50.6 Å². The summed E-state index contributed by atoms with van der Waals surface area (Å²) in [5.74, 6) is 0.414. The maximum atomic E-state index is 11.9. The Morgan fingerprint density at radius 1 is 1.41 bits per heavy atom. The van der Waals surface area contributed by atoms with Crippen LogP contribution in [-0.2, 0) is 11.3 Å². The number of rotatable bonds is 7. The third kappa shape index (κ3) is 4.73. The first-order chi connectivity index (χ1) is 10.6. The third-order valence-electron chi connectivity index (χ3n) is 2.97. The Hall–Kier alpha value is -2.08. The molecular formula is C16H19NO4S. The number of esters is 1. The van der Waals surface area contributed by atoms with Crippen molar-refractivity contribution in [1.29, 1.82) is 0 Å². The van der Waals surface area contributed by atoms with Crippen molar-refractivity contribution < 1.29 is 14.3 Å². The molecule has 2 heterocycles. The molecule has 0 atom stereocenters. The molecule has 0 aliphatic heterocycles. The van der Waals surface area contributed by atoms with E-state index in [1.54, 1.807) is 12.1 Å². The third-order valence-corrected chi connectivity index (χ3v) is 3.82. The molecule has 0 radical (unpaired) electrons. The van der Waals surface area contributed by atoms with Gasteiger partial charge in [0.05, 0.1) is 12.3 Å². The lowest BCUT2D eigenvalue weighted by atomic mass is 10.1. The van der Waals surface area contributed by atoms with Gasteiger partial charge in [0.1, 0.15) is 11.5 Å². The van der Waals surface area contributed by atoms with Gasteiger partial charge in [-0.05, 0) is 23.8 Å². The van der Waals surface area contributed by atoms with Crippen molar-refractivity contribution in [2.24, 2.45) is 5.92 Å². The van der Waals surface area contributed by atoms with Crippen LogP contribution in [0, 0.1) is 5.92 Å². The minimum atomic E-state index is -0.395. The number of H-pyrrole nitrogens is 1. The van der Waals surface area contributed by atoms with Gasteiger partial charge in [0, 0.05) is 12.3 Å². The number of hydrogen-bond donors (Lipinski definition) is 1. The zero-order valence-corrected chi connectivity index (χ0v) is 13.4. The first-order valence-electron chi connectivity index (χ1n) is 7.11. The normalized spacial score (nSPS) is 10.7. The van der Waals surface area contributed by atoms with Gasteiger partial charge in [-0.15, -0.1) is 11.3 Å². The summed E-state index contributed by atoms with van der Waals surface area (Å²) < 4.78 is 10.6. The molecular weight excluding hydrogens is 302 g/mol. The van der Waals surface area contributed by atoms with E-state index in [9.17, 15) is 9.59 Å². The molecule has 0 unspecified atom stereocenters. The van der Waals surface area contributed by atoms with E-state index in [0.717, 1.165) is 6.42 Å². The Labute approximate surface area is 132 Å². The van der Waals surface area contributed by atoms with E-state index < -0.39 is 5.97 Å². The van der Waals surface area contributed by atoms with Crippen LogP contribution in [0.2, 0.25) is 0 Å².